The molecule has 3 aromatic rings. The van der Waals surface area contributed by atoms with Gasteiger partial charge in [-0.25, -0.2) is 15.0 Å². The lowest BCUT2D eigenvalue weighted by Crippen LogP contribution is -2.49. The van der Waals surface area contributed by atoms with Gasteiger partial charge in [-0.1, -0.05) is 6.07 Å². The Morgan fingerprint density at radius 1 is 1.12 bits per heavy atom. The lowest BCUT2D eigenvalue weighted by molar-refractivity contribution is -0.768. The van der Waals surface area contributed by atoms with Gasteiger partial charge >= 0.3 is 0 Å². The van der Waals surface area contributed by atoms with E-state index >= 15 is 0 Å². The number of anilines is 1. The fraction of sp³-hybridized carbons (Fsp3) is 0.333. The van der Waals surface area contributed by atoms with Crippen LogP contribution in [0.4, 0.5) is 5.82 Å². The molecule has 25 heavy (non-hydrogen) atoms. The van der Waals surface area contributed by atoms with Crippen molar-refractivity contribution >= 4 is 17.0 Å². The van der Waals surface area contributed by atoms with E-state index in [9.17, 15) is 15.3 Å². The van der Waals surface area contributed by atoms with E-state index in [0.717, 1.165) is 0 Å². The van der Waals surface area contributed by atoms with Crippen molar-refractivity contribution < 1.29 is 24.6 Å². The molecular formula is C15H17N6O4+. The molecule has 1 fully saturated rings. The number of hydrogen-bond donors (Lipinski definition) is 4. The van der Waals surface area contributed by atoms with Gasteiger partial charge in [0.2, 0.25) is 0 Å². The number of imidazole rings is 1. The fourth-order valence-electron chi connectivity index (χ4n) is 2.98. The Morgan fingerprint density at radius 3 is 2.64 bits per heavy atom. The summed E-state index contributed by atoms with van der Waals surface area (Å²) < 4.78 is 8.69. The highest BCUT2D eigenvalue weighted by atomic mass is 16.6. The first kappa shape index (κ1) is 15.8. The molecule has 4 rings (SSSR count). The third-order valence-corrected chi connectivity index (χ3v) is 4.27. The van der Waals surface area contributed by atoms with Crippen LogP contribution in [0.5, 0.6) is 0 Å². The Morgan fingerprint density at radius 2 is 1.88 bits per heavy atom. The van der Waals surface area contributed by atoms with Gasteiger partial charge in [-0.2, -0.15) is 4.57 Å². The average molecular weight is 345 g/mol. The van der Waals surface area contributed by atoms with Crippen LogP contribution in [0, 0.1) is 0 Å². The van der Waals surface area contributed by atoms with E-state index in [1.54, 1.807) is 30.6 Å². The molecule has 4 heterocycles. The molecule has 3 aromatic heterocycles. The maximum absolute atomic E-state index is 10.5. The Balaban J connectivity index is 1.67. The van der Waals surface area contributed by atoms with Crippen LogP contribution in [0.1, 0.15) is 12.5 Å². The number of aromatic nitrogens is 5. The van der Waals surface area contributed by atoms with Crippen molar-refractivity contribution in [3.05, 3.63) is 43.2 Å². The van der Waals surface area contributed by atoms with Crippen molar-refractivity contribution in [1.82, 2.24) is 19.5 Å². The van der Waals surface area contributed by atoms with Gasteiger partial charge in [-0.05, 0) is 0 Å². The van der Waals surface area contributed by atoms with Crippen LogP contribution in [-0.4, -0.2) is 53.2 Å². The minimum absolute atomic E-state index is 0.202. The van der Waals surface area contributed by atoms with E-state index in [2.05, 4.69) is 15.0 Å². The summed E-state index contributed by atoms with van der Waals surface area (Å²) in [6.45, 7) is 0. The molecule has 10 nitrogen and oxygen atoms in total. The van der Waals surface area contributed by atoms with Crippen LogP contribution >= 0.6 is 0 Å². The monoisotopic (exact) mass is 345 g/mol. The highest BCUT2D eigenvalue weighted by molar-refractivity contribution is 5.81. The number of hydrogen-bond acceptors (Lipinski definition) is 8. The van der Waals surface area contributed by atoms with Crippen LogP contribution < -0.4 is 10.3 Å². The quantitative estimate of drug-likeness (QED) is 0.420. The van der Waals surface area contributed by atoms with Crippen molar-refractivity contribution in [2.75, 3.05) is 5.73 Å². The minimum Gasteiger partial charge on any atom is -0.387 e. The molecule has 0 amide bonds. The number of aliphatic hydroxyl groups excluding tert-OH is 3. The second-order valence-electron chi connectivity index (χ2n) is 5.79. The van der Waals surface area contributed by atoms with Crippen LogP contribution in [-0.2, 0) is 4.74 Å². The summed E-state index contributed by atoms with van der Waals surface area (Å²) in [4.78, 5) is 12.1. The molecule has 10 heteroatoms. The van der Waals surface area contributed by atoms with Crippen molar-refractivity contribution in [3.63, 3.8) is 0 Å². The van der Waals surface area contributed by atoms with Crippen LogP contribution in [0.3, 0.4) is 0 Å². The van der Waals surface area contributed by atoms with E-state index in [1.807, 2.05) is 0 Å². The molecule has 1 unspecified atom stereocenters. The van der Waals surface area contributed by atoms with Gasteiger partial charge in [0.05, 0.1) is 6.33 Å². The smallest absolute Gasteiger partial charge is 0.289 e. The summed E-state index contributed by atoms with van der Waals surface area (Å²) in [5, 5.41) is 31.2. The van der Waals surface area contributed by atoms with Gasteiger partial charge in [0.25, 0.3) is 6.23 Å². The summed E-state index contributed by atoms with van der Waals surface area (Å²) in [7, 11) is 0. The predicted octanol–water partition coefficient (Wildman–Crippen LogP) is -1.49. The zero-order valence-corrected chi connectivity index (χ0v) is 13.0. The molecule has 1 aliphatic rings. The van der Waals surface area contributed by atoms with Crippen LogP contribution in [0.25, 0.3) is 11.2 Å². The Hall–Kier alpha value is -2.66. The maximum atomic E-state index is 10.5. The van der Waals surface area contributed by atoms with Gasteiger partial charge < -0.3 is 25.8 Å². The third-order valence-electron chi connectivity index (χ3n) is 4.27. The largest absolute Gasteiger partial charge is 0.387 e. The van der Waals surface area contributed by atoms with E-state index in [1.165, 1.54) is 21.8 Å². The van der Waals surface area contributed by atoms with Crippen molar-refractivity contribution in [2.24, 2.45) is 0 Å². The number of nitrogens with two attached hydrogens (primary N) is 1. The summed E-state index contributed by atoms with van der Waals surface area (Å²) in [6, 6.07) is 5.28. The van der Waals surface area contributed by atoms with Crippen molar-refractivity contribution in [3.8, 4) is 0 Å². The van der Waals surface area contributed by atoms with E-state index in [4.69, 9.17) is 10.5 Å². The molecule has 1 aliphatic heterocycles. The lowest BCUT2D eigenvalue weighted by Gasteiger charge is -2.17. The van der Waals surface area contributed by atoms with Gasteiger partial charge in [0, 0.05) is 12.1 Å². The highest BCUT2D eigenvalue weighted by Gasteiger charge is 2.50. The topological polar surface area (TPSA) is 143 Å². The van der Waals surface area contributed by atoms with Crippen LogP contribution in [0.15, 0.2) is 43.2 Å². The summed E-state index contributed by atoms with van der Waals surface area (Å²) in [5.74, 6) is 0.202. The number of nitrogen functional groups attached to an aromatic ring is 1. The molecule has 1 saturated heterocycles. The first-order chi connectivity index (χ1) is 12.1. The summed E-state index contributed by atoms with van der Waals surface area (Å²) in [6.07, 6.45) is 0.192. The molecule has 0 radical (unpaired) electrons. The molecule has 130 valence electrons. The first-order valence-corrected chi connectivity index (χ1v) is 7.66. The molecule has 0 aliphatic carbocycles. The SMILES string of the molecule is Nc1ncnc2c1ncn2[C@@H]1O[C@H](C(O)[n+]2ccccc2)[C@@H](O)[C@H]1O. The fourth-order valence-corrected chi connectivity index (χ4v) is 2.98. The van der Waals surface area contributed by atoms with Gasteiger partial charge in [0.1, 0.15) is 24.1 Å². The van der Waals surface area contributed by atoms with Gasteiger partial charge in [0.15, 0.2) is 36.2 Å². The Kier molecular flexibility index (Phi) is 3.81. The van der Waals surface area contributed by atoms with Gasteiger partial charge in [-0.3, -0.25) is 4.57 Å². The molecule has 0 spiro atoms. The maximum Gasteiger partial charge on any atom is 0.289 e. The number of nitrogens with zero attached hydrogens (tertiary/aromatic N) is 5. The number of fused-ring (bicyclic) bond motifs is 1. The second-order valence-corrected chi connectivity index (χ2v) is 5.79. The number of aliphatic hydroxyl groups is 3. The van der Waals surface area contributed by atoms with E-state index in [-0.39, 0.29) is 5.82 Å². The van der Waals surface area contributed by atoms with Crippen molar-refractivity contribution in [2.45, 2.75) is 30.8 Å². The zero-order chi connectivity index (χ0) is 17.6. The minimum atomic E-state index is -1.30. The molecule has 0 saturated carbocycles. The van der Waals surface area contributed by atoms with Gasteiger partial charge in [-0.15, -0.1) is 0 Å². The summed E-state index contributed by atoms with van der Waals surface area (Å²) in [5.41, 5.74) is 6.50. The first-order valence-electron chi connectivity index (χ1n) is 7.66. The highest BCUT2D eigenvalue weighted by Crippen LogP contribution is 2.34. The molecule has 0 aromatic carbocycles. The average Bonchev–Trinajstić information content (AvgIpc) is 3.18. The van der Waals surface area contributed by atoms with Crippen molar-refractivity contribution in [1.29, 1.82) is 0 Å². The Labute approximate surface area is 141 Å². The predicted molar refractivity (Wildman–Crippen MR) is 83.6 cm³/mol. The number of rotatable bonds is 3. The molecule has 5 atom stereocenters. The molecule has 0 bridgehead atoms. The standard InChI is InChI=1S/C15H17N6O4/c16-12-8-13(18-6-17-12)21(7-19-8)15-10(23)9(22)11(25-15)14(24)20-4-2-1-3-5-20/h1-7,9-11,14-15,22-24H,(H2,16,17,18)/q+1/t9-,10+,11-,14?,15+/m0/s1. The van der Waals surface area contributed by atoms with Crippen LogP contribution in [0.2, 0.25) is 0 Å². The molecule has 5 N–H and O–H groups in total. The summed E-state index contributed by atoms with van der Waals surface area (Å²) >= 11 is 0. The zero-order valence-electron chi connectivity index (χ0n) is 13.0. The normalized spacial score (nSPS) is 27.6. The third kappa shape index (κ3) is 2.51. The van der Waals surface area contributed by atoms with E-state index in [0.29, 0.717) is 11.2 Å². The lowest BCUT2D eigenvalue weighted by atomic mass is 10.1. The van der Waals surface area contributed by atoms with E-state index < -0.39 is 30.8 Å². The second kappa shape index (κ2) is 6.01. The Bertz CT molecular complexity index is 888. The number of ether oxygens (including phenoxy) is 1. The number of pyridine rings is 1. The molecular weight excluding hydrogens is 328 g/mol.